The first kappa shape index (κ1) is 12.1. The second-order valence-electron chi connectivity index (χ2n) is 4.34. The van der Waals surface area contributed by atoms with Crippen LogP contribution in [0.4, 0.5) is 0 Å². The Morgan fingerprint density at radius 3 is 3.00 bits per heavy atom. The van der Waals surface area contributed by atoms with Gasteiger partial charge in [0.05, 0.1) is 13.2 Å². The summed E-state index contributed by atoms with van der Waals surface area (Å²) in [5.41, 5.74) is 6.64. The van der Waals surface area contributed by atoms with Gasteiger partial charge in [-0.3, -0.25) is 11.3 Å². The van der Waals surface area contributed by atoms with Crippen LogP contribution >= 0.6 is 0 Å². The molecule has 2 rings (SSSR count). The van der Waals surface area contributed by atoms with Gasteiger partial charge in [-0.05, 0) is 29.5 Å². The molecule has 0 spiro atoms. The van der Waals surface area contributed by atoms with Crippen molar-refractivity contribution in [2.24, 2.45) is 5.84 Å². The van der Waals surface area contributed by atoms with Crippen molar-refractivity contribution in [3.05, 3.63) is 34.9 Å². The number of ether oxygens (including phenoxy) is 1. The Balaban J connectivity index is 2.06. The van der Waals surface area contributed by atoms with Gasteiger partial charge in [0.1, 0.15) is 0 Å². The molecule has 17 heavy (non-hydrogen) atoms. The Labute approximate surface area is 102 Å². The van der Waals surface area contributed by atoms with Gasteiger partial charge in [-0.2, -0.15) is 0 Å². The molecule has 3 N–H and O–H groups in total. The van der Waals surface area contributed by atoms with Crippen LogP contribution in [0.2, 0.25) is 0 Å². The Morgan fingerprint density at radius 1 is 1.41 bits per heavy atom. The molecule has 90 valence electrons. The number of hydrogen-bond acceptors (Lipinski definition) is 3. The van der Waals surface area contributed by atoms with Gasteiger partial charge in [-0.1, -0.05) is 18.2 Å². The first-order valence-electron chi connectivity index (χ1n) is 5.94. The van der Waals surface area contributed by atoms with Gasteiger partial charge in [-0.15, -0.1) is 12.3 Å². The van der Waals surface area contributed by atoms with Crippen LogP contribution in [0.1, 0.15) is 42.0 Å². The first-order chi connectivity index (χ1) is 8.35. The van der Waals surface area contributed by atoms with E-state index in [0.717, 1.165) is 25.9 Å². The van der Waals surface area contributed by atoms with Crippen molar-refractivity contribution in [2.75, 3.05) is 0 Å². The van der Waals surface area contributed by atoms with Gasteiger partial charge in [0.15, 0.2) is 0 Å². The zero-order chi connectivity index (χ0) is 12.1. The Morgan fingerprint density at radius 2 is 2.24 bits per heavy atom. The topological polar surface area (TPSA) is 47.3 Å². The summed E-state index contributed by atoms with van der Waals surface area (Å²) in [5.74, 6) is 8.25. The molecule has 1 unspecified atom stereocenters. The number of terminal acetylenes is 1. The first-order valence-corrected chi connectivity index (χ1v) is 5.94. The normalized spacial score (nSPS) is 15.3. The number of nitrogens with two attached hydrogens (primary N) is 1. The van der Waals surface area contributed by atoms with Crippen LogP contribution in [0, 0.1) is 12.3 Å². The summed E-state index contributed by atoms with van der Waals surface area (Å²) in [5, 5.41) is 0. The fourth-order valence-corrected chi connectivity index (χ4v) is 2.16. The molecular formula is C14H18N2O. The quantitative estimate of drug-likeness (QED) is 0.352. The van der Waals surface area contributed by atoms with Gasteiger partial charge in [0, 0.05) is 12.5 Å². The van der Waals surface area contributed by atoms with Crippen LogP contribution in [-0.2, 0) is 18.0 Å². The standard InChI is InChI=1S/C14H18N2O/c1-2-3-4-5-14(16-15)11-6-7-12-9-17-10-13(12)8-11/h1,6-8,14,16H,3-5,9-10,15H2. The molecule has 0 fully saturated rings. The van der Waals surface area contributed by atoms with Crippen LogP contribution in [0.15, 0.2) is 18.2 Å². The summed E-state index contributed by atoms with van der Waals surface area (Å²) < 4.78 is 5.40. The van der Waals surface area contributed by atoms with Gasteiger partial charge >= 0.3 is 0 Å². The molecule has 3 heteroatoms. The van der Waals surface area contributed by atoms with Gasteiger partial charge in [0.25, 0.3) is 0 Å². The third-order valence-electron chi connectivity index (χ3n) is 3.16. The molecule has 0 saturated carbocycles. The van der Waals surface area contributed by atoms with Crippen molar-refractivity contribution < 1.29 is 4.74 Å². The number of hydrazine groups is 1. The molecule has 1 aromatic rings. The van der Waals surface area contributed by atoms with E-state index in [4.69, 9.17) is 17.0 Å². The second-order valence-corrected chi connectivity index (χ2v) is 4.34. The maximum absolute atomic E-state index is 5.60. The van der Waals surface area contributed by atoms with Crippen LogP contribution in [0.5, 0.6) is 0 Å². The molecule has 1 aliphatic rings. The molecule has 0 saturated heterocycles. The molecule has 0 amide bonds. The zero-order valence-corrected chi connectivity index (χ0v) is 9.91. The smallest absolute Gasteiger partial charge is 0.0725 e. The predicted octanol–water partition coefficient (Wildman–Crippen LogP) is 2.02. The molecule has 0 radical (unpaired) electrons. The Kier molecular flexibility index (Phi) is 4.16. The number of benzene rings is 1. The van der Waals surface area contributed by atoms with E-state index in [1.165, 1.54) is 16.7 Å². The maximum Gasteiger partial charge on any atom is 0.0725 e. The highest BCUT2D eigenvalue weighted by molar-refractivity contribution is 5.34. The molecule has 1 heterocycles. The number of unbranched alkanes of at least 4 members (excludes halogenated alkanes) is 1. The number of rotatable bonds is 5. The summed E-state index contributed by atoms with van der Waals surface area (Å²) in [7, 11) is 0. The number of nitrogens with one attached hydrogen (secondary N) is 1. The average Bonchev–Trinajstić information content (AvgIpc) is 2.82. The highest BCUT2D eigenvalue weighted by atomic mass is 16.5. The summed E-state index contributed by atoms with van der Waals surface area (Å²) in [6.45, 7) is 1.44. The average molecular weight is 230 g/mol. The van der Waals surface area contributed by atoms with E-state index in [0.29, 0.717) is 6.61 Å². The number of fused-ring (bicyclic) bond motifs is 1. The lowest BCUT2D eigenvalue weighted by Gasteiger charge is -2.16. The van der Waals surface area contributed by atoms with Crippen LogP contribution < -0.4 is 11.3 Å². The zero-order valence-electron chi connectivity index (χ0n) is 9.91. The van der Waals surface area contributed by atoms with Crippen molar-refractivity contribution in [1.29, 1.82) is 0 Å². The largest absolute Gasteiger partial charge is 0.372 e. The molecule has 1 atom stereocenters. The molecular weight excluding hydrogens is 212 g/mol. The fraction of sp³-hybridized carbons (Fsp3) is 0.429. The van der Waals surface area contributed by atoms with Gasteiger partial charge in [0.2, 0.25) is 0 Å². The molecule has 0 aromatic heterocycles. The summed E-state index contributed by atoms with van der Waals surface area (Å²) in [6, 6.07) is 6.61. The summed E-state index contributed by atoms with van der Waals surface area (Å²) in [6.07, 6.45) is 7.99. The third kappa shape index (κ3) is 2.86. The molecule has 0 aliphatic carbocycles. The van der Waals surface area contributed by atoms with Crippen molar-refractivity contribution in [2.45, 2.75) is 38.5 Å². The van der Waals surface area contributed by atoms with Crippen LogP contribution in [-0.4, -0.2) is 0 Å². The molecule has 1 aliphatic heterocycles. The summed E-state index contributed by atoms with van der Waals surface area (Å²) in [4.78, 5) is 0. The summed E-state index contributed by atoms with van der Waals surface area (Å²) >= 11 is 0. The minimum atomic E-state index is 0.175. The fourth-order valence-electron chi connectivity index (χ4n) is 2.16. The molecule has 1 aromatic carbocycles. The maximum atomic E-state index is 5.60. The number of hydrogen-bond donors (Lipinski definition) is 2. The van der Waals surface area contributed by atoms with E-state index < -0.39 is 0 Å². The highest BCUT2D eigenvalue weighted by Crippen LogP contribution is 2.25. The minimum absolute atomic E-state index is 0.175. The van der Waals surface area contributed by atoms with E-state index in [1.54, 1.807) is 0 Å². The van der Waals surface area contributed by atoms with Gasteiger partial charge < -0.3 is 4.74 Å². The van der Waals surface area contributed by atoms with Crippen molar-refractivity contribution >= 4 is 0 Å². The van der Waals surface area contributed by atoms with Crippen LogP contribution in [0.3, 0.4) is 0 Å². The van der Waals surface area contributed by atoms with E-state index in [9.17, 15) is 0 Å². The predicted molar refractivity (Wildman–Crippen MR) is 67.7 cm³/mol. The third-order valence-corrected chi connectivity index (χ3v) is 3.16. The second kappa shape index (κ2) is 5.83. The molecule has 0 bridgehead atoms. The van der Waals surface area contributed by atoms with Crippen LogP contribution in [0.25, 0.3) is 0 Å². The lowest BCUT2D eigenvalue weighted by molar-refractivity contribution is 0.134. The lowest BCUT2D eigenvalue weighted by atomic mass is 9.98. The van der Waals surface area contributed by atoms with Crippen molar-refractivity contribution in [3.8, 4) is 12.3 Å². The van der Waals surface area contributed by atoms with E-state index >= 15 is 0 Å². The SMILES string of the molecule is C#CCCCC(NN)c1ccc2c(c1)COC2. The monoisotopic (exact) mass is 230 g/mol. The highest BCUT2D eigenvalue weighted by Gasteiger charge is 2.15. The molecule has 3 nitrogen and oxygen atoms in total. The Hall–Kier alpha value is -1.34. The van der Waals surface area contributed by atoms with Crippen molar-refractivity contribution in [3.63, 3.8) is 0 Å². The van der Waals surface area contributed by atoms with E-state index in [1.807, 2.05) is 0 Å². The minimum Gasteiger partial charge on any atom is -0.372 e. The lowest BCUT2D eigenvalue weighted by Crippen LogP contribution is -2.28. The van der Waals surface area contributed by atoms with Crippen molar-refractivity contribution in [1.82, 2.24) is 5.43 Å². The van der Waals surface area contributed by atoms with E-state index in [2.05, 4.69) is 29.5 Å². The van der Waals surface area contributed by atoms with E-state index in [-0.39, 0.29) is 6.04 Å². The van der Waals surface area contributed by atoms with Gasteiger partial charge in [-0.25, -0.2) is 0 Å². The Bertz CT molecular complexity index is 423.